The molecule has 0 aliphatic carbocycles. The first-order chi connectivity index (χ1) is 15.4. The number of nitrogens with one attached hydrogen (secondary N) is 1. The Hall–Kier alpha value is -3.75. The van der Waals surface area contributed by atoms with E-state index in [0.29, 0.717) is 40.6 Å². The van der Waals surface area contributed by atoms with E-state index in [1.54, 1.807) is 49.4 Å². The predicted octanol–water partition coefficient (Wildman–Crippen LogP) is 6.15. The van der Waals surface area contributed by atoms with Gasteiger partial charge in [0, 0.05) is 23.0 Å². The summed E-state index contributed by atoms with van der Waals surface area (Å²) in [6.07, 6.45) is 0.708. The van der Waals surface area contributed by atoms with E-state index >= 15 is 0 Å². The summed E-state index contributed by atoms with van der Waals surface area (Å²) in [7, 11) is 0. The predicted molar refractivity (Wildman–Crippen MR) is 125 cm³/mol. The molecule has 0 spiro atoms. The molecule has 0 aliphatic heterocycles. The standard InChI is InChI=1S/C26H23ClN2O3/c1-17(18(2)30)21-7-12-25(22(15-21)16-28)32-24-10-5-20(6-11-24)26(31)29-14-13-19-3-8-23(27)9-4-19/h3-12,15,17,30H,2,13-14H2,1H3,(H,29,31). The van der Waals surface area contributed by atoms with Crippen LogP contribution in [0.3, 0.4) is 0 Å². The SMILES string of the molecule is C=C(O)C(C)c1ccc(Oc2ccc(C(=O)NCCc3ccc(Cl)cc3)cc2)c(C#N)c1. The van der Waals surface area contributed by atoms with Gasteiger partial charge >= 0.3 is 0 Å². The number of aliphatic hydroxyl groups excluding tert-OH is 1. The van der Waals surface area contributed by atoms with E-state index in [-0.39, 0.29) is 17.6 Å². The van der Waals surface area contributed by atoms with Gasteiger partial charge in [0.2, 0.25) is 0 Å². The first-order valence-electron chi connectivity index (χ1n) is 10.1. The Morgan fingerprint density at radius 3 is 2.47 bits per heavy atom. The fourth-order valence-corrected chi connectivity index (χ4v) is 3.19. The van der Waals surface area contributed by atoms with E-state index < -0.39 is 0 Å². The number of carbonyl (C=O) groups excluding carboxylic acids is 1. The third kappa shape index (κ3) is 5.90. The van der Waals surface area contributed by atoms with Crippen molar-refractivity contribution in [3.63, 3.8) is 0 Å². The Balaban J connectivity index is 1.60. The number of nitrogens with zero attached hydrogens (tertiary/aromatic N) is 1. The number of benzene rings is 3. The van der Waals surface area contributed by atoms with Crippen LogP contribution in [0.15, 0.2) is 79.1 Å². The van der Waals surface area contributed by atoms with Crippen molar-refractivity contribution in [3.8, 4) is 17.6 Å². The molecule has 0 heterocycles. The van der Waals surface area contributed by atoms with Gasteiger partial charge in [-0.2, -0.15) is 5.26 Å². The van der Waals surface area contributed by atoms with Gasteiger partial charge in [-0.15, -0.1) is 0 Å². The van der Waals surface area contributed by atoms with Gasteiger partial charge in [-0.25, -0.2) is 0 Å². The molecule has 3 aromatic carbocycles. The second-order valence-corrected chi connectivity index (χ2v) is 7.78. The van der Waals surface area contributed by atoms with Gasteiger partial charge in [0.15, 0.2) is 0 Å². The Bertz CT molecular complexity index is 1150. The molecule has 5 nitrogen and oxygen atoms in total. The van der Waals surface area contributed by atoms with Crippen molar-refractivity contribution in [2.24, 2.45) is 0 Å². The Morgan fingerprint density at radius 1 is 1.16 bits per heavy atom. The van der Waals surface area contributed by atoms with Gasteiger partial charge in [0.25, 0.3) is 5.91 Å². The molecule has 162 valence electrons. The number of amides is 1. The quantitative estimate of drug-likeness (QED) is 0.406. The van der Waals surface area contributed by atoms with E-state index in [1.165, 1.54) is 0 Å². The maximum atomic E-state index is 12.4. The van der Waals surface area contributed by atoms with Crippen LogP contribution in [0.4, 0.5) is 0 Å². The number of hydrogen-bond acceptors (Lipinski definition) is 4. The largest absolute Gasteiger partial charge is 0.512 e. The van der Waals surface area contributed by atoms with E-state index in [0.717, 1.165) is 11.1 Å². The molecule has 6 heteroatoms. The summed E-state index contributed by atoms with van der Waals surface area (Å²) >= 11 is 5.88. The minimum Gasteiger partial charge on any atom is -0.512 e. The van der Waals surface area contributed by atoms with E-state index in [1.807, 2.05) is 24.3 Å². The second-order valence-electron chi connectivity index (χ2n) is 7.34. The average Bonchev–Trinajstić information content (AvgIpc) is 2.80. The Morgan fingerprint density at radius 2 is 1.84 bits per heavy atom. The molecular formula is C26H23ClN2O3. The first-order valence-corrected chi connectivity index (χ1v) is 10.5. The molecule has 0 aliphatic rings. The lowest BCUT2D eigenvalue weighted by Gasteiger charge is -2.13. The van der Waals surface area contributed by atoms with Gasteiger partial charge in [0.1, 0.15) is 17.6 Å². The molecular weight excluding hydrogens is 424 g/mol. The van der Waals surface area contributed by atoms with Gasteiger partial charge in [0.05, 0.1) is 11.3 Å². The second kappa shape index (κ2) is 10.5. The minimum atomic E-state index is -0.284. The normalized spacial score (nSPS) is 11.3. The van der Waals surface area contributed by atoms with Crippen LogP contribution in [-0.4, -0.2) is 17.6 Å². The van der Waals surface area contributed by atoms with Crippen LogP contribution in [-0.2, 0) is 6.42 Å². The zero-order valence-corrected chi connectivity index (χ0v) is 18.4. The molecule has 1 amide bonds. The van der Waals surface area contributed by atoms with Crippen LogP contribution < -0.4 is 10.1 Å². The molecule has 0 aromatic heterocycles. The fraction of sp³-hybridized carbons (Fsp3) is 0.154. The molecule has 1 unspecified atom stereocenters. The number of carbonyl (C=O) groups is 1. The molecule has 0 saturated carbocycles. The van der Waals surface area contributed by atoms with E-state index in [9.17, 15) is 15.2 Å². The summed E-state index contributed by atoms with van der Waals surface area (Å²) in [5.41, 5.74) is 2.72. The van der Waals surface area contributed by atoms with Crippen molar-refractivity contribution in [1.29, 1.82) is 5.26 Å². The highest BCUT2D eigenvalue weighted by Gasteiger charge is 2.13. The minimum absolute atomic E-state index is 0.0320. The Kier molecular flexibility index (Phi) is 7.54. The van der Waals surface area contributed by atoms with Crippen LogP contribution in [0.1, 0.15) is 39.9 Å². The Labute approximate surface area is 192 Å². The van der Waals surface area contributed by atoms with Gasteiger partial charge in [-0.3, -0.25) is 4.79 Å². The highest BCUT2D eigenvalue weighted by molar-refractivity contribution is 6.30. The molecule has 32 heavy (non-hydrogen) atoms. The number of halogens is 1. The smallest absolute Gasteiger partial charge is 0.251 e. The maximum Gasteiger partial charge on any atom is 0.251 e. The fourth-order valence-electron chi connectivity index (χ4n) is 3.06. The molecule has 3 aromatic rings. The molecule has 0 fully saturated rings. The summed E-state index contributed by atoms with van der Waals surface area (Å²) < 4.78 is 5.83. The lowest BCUT2D eigenvalue weighted by atomic mass is 9.97. The molecule has 0 radical (unpaired) electrons. The highest BCUT2D eigenvalue weighted by atomic mass is 35.5. The molecule has 2 N–H and O–H groups in total. The van der Waals surface area contributed by atoms with E-state index in [2.05, 4.69) is 18.0 Å². The van der Waals surface area contributed by atoms with Crippen LogP contribution in [0.25, 0.3) is 0 Å². The summed E-state index contributed by atoms with van der Waals surface area (Å²) in [4.78, 5) is 12.4. The summed E-state index contributed by atoms with van der Waals surface area (Å²) in [6.45, 7) is 5.85. The van der Waals surface area contributed by atoms with Gasteiger partial charge < -0.3 is 15.2 Å². The summed E-state index contributed by atoms with van der Waals surface area (Å²) in [5.74, 6) is 0.475. The van der Waals surface area contributed by atoms with Crippen molar-refractivity contribution >= 4 is 17.5 Å². The summed E-state index contributed by atoms with van der Waals surface area (Å²) in [6, 6.07) is 21.5. The number of aliphatic hydroxyl groups is 1. The number of hydrogen-bond donors (Lipinski definition) is 2. The number of ether oxygens (including phenoxy) is 1. The third-order valence-corrected chi connectivity index (χ3v) is 5.33. The van der Waals surface area contributed by atoms with Gasteiger partial charge in [-0.1, -0.05) is 43.3 Å². The maximum absolute atomic E-state index is 12.4. The lowest BCUT2D eigenvalue weighted by Crippen LogP contribution is -2.25. The highest BCUT2D eigenvalue weighted by Crippen LogP contribution is 2.30. The molecule has 0 bridgehead atoms. The van der Waals surface area contributed by atoms with Crippen molar-refractivity contribution in [3.05, 3.63) is 106 Å². The van der Waals surface area contributed by atoms with Crippen LogP contribution in [0.2, 0.25) is 5.02 Å². The topological polar surface area (TPSA) is 82.3 Å². The number of allylic oxidation sites excluding steroid dienone is 1. The van der Waals surface area contributed by atoms with Crippen molar-refractivity contribution in [2.45, 2.75) is 19.3 Å². The van der Waals surface area contributed by atoms with Crippen LogP contribution in [0, 0.1) is 11.3 Å². The monoisotopic (exact) mass is 446 g/mol. The average molecular weight is 447 g/mol. The summed E-state index contributed by atoms with van der Waals surface area (Å²) in [5, 5.41) is 22.6. The molecule has 0 saturated heterocycles. The number of nitriles is 1. The van der Waals surface area contributed by atoms with E-state index in [4.69, 9.17) is 16.3 Å². The van der Waals surface area contributed by atoms with Crippen molar-refractivity contribution in [2.75, 3.05) is 6.54 Å². The first kappa shape index (κ1) is 22.9. The number of rotatable bonds is 8. The molecule has 1 atom stereocenters. The van der Waals surface area contributed by atoms with Crippen molar-refractivity contribution in [1.82, 2.24) is 5.32 Å². The zero-order chi connectivity index (χ0) is 23.1. The third-order valence-electron chi connectivity index (χ3n) is 5.08. The zero-order valence-electron chi connectivity index (χ0n) is 17.6. The van der Waals surface area contributed by atoms with Gasteiger partial charge in [-0.05, 0) is 66.1 Å². The van der Waals surface area contributed by atoms with Crippen LogP contribution >= 0.6 is 11.6 Å². The van der Waals surface area contributed by atoms with Crippen molar-refractivity contribution < 1.29 is 14.6 Å². The van der Waals surface area contributed by atoms with Crippen LogP contribution in [0.5, 0.6) is 11.5 Å². The molecule has 3 rings (SSSR count). The lowest BCUT2D eigenvalue weighted by molar-refractivity contribution is 0.0954.